The molecule has 1 unspecified atom stereocenters. The standard InChI is InChI=1S/C16H15NO5/c1-3-8-22-14(19)12-9(2)17-16(21)11-7-5-4-6-10(11)13(18)15(12,16)20/h3-7,12,20-21H,1,8H2,2H3/t12?,15-,16-/m1/s1. The Morgan fingerprint density at radius 3 is 2.82 bits per heavy atom. The number of esters is 1. The van der Waals surface area contributed by atoms with E-state index in [2.05, 4.69) is 11.6 Å². The maximum atomic E-state index is 12.6. The van der Waals surface area contributed by atoms with E-state index >= 15 is 0 Å². The number of fused-ring (bicyclic) bond motifs is 3. The highest BCUT2D eigenvalue weighted by Crippen LogP contribution is 2.53. The van der Waals surface area contributed by atoms with Crippen LogP contribution in [0.3, 0.4) is 0 Å². The summed E-state index contributed by atoms with van der Waals surface area (Å²) in [6.07, 6.45) is 1.38. The minimum Gasteiger partial charge on any atom is -0.461 e. The molecule has 0 spiro atoms. The van der Waals surface area contributed by atoms with Crippen LogP contribution >= 0.6 is 0 Å². The molecule has 6 heteroatoms. The van der Waals surface area contributed by atoms with Gasteiger partial charge in [0.2, 0.25) is 11.5 Å². The van der Waals surface area contributed by atoms with Crippen LogP contribution < -0.4 is 0 Å². The highest BCUT2D eigenvalue weighted by molar-refractivity contribution is 6.18. The molecular weight excluding hydrogens is 286 g/mol. The molecule has 3 rings (SSSR count). The van der Waals surface area contributed by atoms with Crippen molar-refractivity contribution < 1.29 is 24.5 Å². The number of aliphatic hydroxyl groups is 2. The van der Waals surface area contributed by atoms with Gasteiger partial charge in [0.05, 0.1) is 0 Å². The lowest BCUT2D eigenvalue weighted by atomic mass is 9.79. The molecule has 22 heavy (non-hydrogen) atoms. The van der Waals surface area contributed by atoms with Crippen LogP contribution in [-0.4, -0.2) is 39.9 Å². The smallest absolute Gasteiger partial charge is 0.318 e. The normalized spacial score (nSPS) is 32.2. The fourth-order valence-corrected chi connectivity index (χ4v) is 3.22. The Bertz CT molecular complexity index is 725. The molecule has 0 radical (unpaired) electrons. The molecule has 1 aliphatic carbocycles. The van der Waals surface area contributed by atoms with Crippen LogP contribution in [0.2, 0.25) is 0 Å². The van der Waals surface area contributed by atoms with Gasteiger partial charge in [0.25, 0.3) is 0 Å². The Kier molecular flexibility index (Phi) is 3.05. The van der Waals surface area contributed by atoms with Crippen molar-refractivity contribution in [2.45, 2.75) is 18.2 Å². The predicted octanol–water partition coefficient (Wildman–Crippen LogP) is 0.579. The van der Waals surface area contributed by atoms with E-state index in [0.717, 1.165) is 0 Å². The van der Waals surface area contributed by atoms with Gasteiger partial charge in [-0.15, -0.1) is 0 Å². The summed E-state index contributed by atoms with van der Waals surface area (Å²) in [6.45, 7) is 4.86. The van der Waals surface area contributed by atoms with E-state index in [1.165, 1.54) is 25.1 Å². The van der Waals surface area contributed by atoms with E-state index in [9.17, 15) is 19.8 Å². The van der Waals surface area contributed by atoms with E-state index in [-0.39, 0.29) is 23.4 Å². The highest BCUT2D eigenvalue weighted by Gasteiger charge is 2.72. The number of ether oxygens (including phenoxy) is 1. The number of aliphatic imine (C=N–C) groups is 1. The Labute approximate surface area is 126 Å². The van der Waals surface area contributed by atoms with Gasteiger partial charge in [-0.3, -0.25) is 14.6 Å². The third kappa shape index (κ3) is 1.53. The van der Waals surface area contributed by atoms with Gasteiger partial charge in [-0.25, -0.2) is 0 Å². The van der Waals surface area contributed by atoms with Gasteiger partial charge in [0.15, 0.2) is 5.60 Å². The van der Waals surface area contributed by atoms with Crippen molar-refractivity contribution in [1.29, 1.82) is 0 Å². The van der Waals surface area contributed by atoms with Crippen molar-refractivity contribution >= 4 is 17.5 Å². The number of Topliss-reactive ketones (excluding diaryl/α,β-unsaturated/α-hetero) is 1. The molecule has 0 amide bonds. The second-order valence-electron chi connectivity index (χ2n) is 5.42. The molecule has 0 bridgehead atoms. The Morgan fingerprint density at radius 2 is 2.14 bits per heavy atom. The minimum atomic E-state index is -2.38. The van der Waals surface area contributed by atoms with Gasteiger partial charge in [-0.2, -0.15) is 0 Å². The molecule has 6 nitrogen and oxygen atoms in total. The Balaban J connectivity index is 2.14. The van der Waals surface area contributed by atoms with E-state index in [1.54, 1.807) is 12.1 Å². The van der Waals surface area contributed by atoms with Crippen LogP contribution in [-0.2, 0) is 15.3 Å². The fourth-order valence-electron chi connectivity index (χ4n) is 3.22. The first-order valence-corrected chi connectivity index (χ1v) is 6.81. The Morgan fingerprint density at radius 1 is 1.45 bits per heavy atom. The summed E-state index contributed by atoms with van der Waals surface area (Å²) < 4.78 is 4.95. The number of nitrogens with zero attached hydrogens (tertiary/aromatic N) is 1. The predicted molar refractivity (Wildman–Crippen MR) is 77.4 cm³/mol. The average Bonchev–Trinajstić information content (AvgIpc) is 2.80. The zero-order chi connectivity index (χ0) is 16.1. The summed E-state index contributed by atoms with van der Waals surface area (Å²) in [5, 5.41) is 21.8. The zero-order valence-corrected chi connectivity index (χ0v) is 11.9. The molecule has 1 heterocycles. The molecular formula is C16H15NO5. The number of benzene rings is 1. The largest absolute Gasteiger partial charge is 0.461 e. The van der Waals surface area contributed by atoms with Gasteiger partial charge in [0.1, 0.15) is 12.5 Å². The van der Waals surface area contributed by atoms with Crippen molar-refractivity contribution in [2.24, 2.45) is 10.9 Å². The second-order valence-corrected chi connectivity index (χ2v) is 5.42. The zero-order valence-electron chi connectivity index (χ0n) is 11.9. The number of carbonyl (C=O) groups is 2. The number of ketones is 1. The third-order valence-corrected chi connectivity index (χ3v) is 4.18. The molecule has 0 aromatic heterocycles. The lowest BCUT2D eigenvalue weighted by molar-refractivity contribution is -0.163. The van der Waals surface area contributed by atoms with Crippen LogP contribution in [0, 0.1) is 5.92 Å². The van der Waals surface area contributed by atoms with Crippen molar-refractivity contribution in [2.75, 3.05) is 6.61 Å². The second kappa shape index (κ2) is 4.59. The highest BCUT2D eigenvalue weighted by atomic mass is 16.5. The van der Waals surface area contributed by atoms with Gasteiger partial charge in [-0.05, 0) is 6.92 Å². The molecule has 114 valence electrons. The molecule has 3 atom stereocenters. The van der Waals surface area contributed by atoms with Crippen molar-refractivity contribution in [3.63, 3.8) is 0 Å². The van der Waals surface area contributed by atoms with E-state index in [4.69, 9.17) is 4.74 Å². The first-order chi connectivity index (χ1) is 10.4. The van der Waals surface area contributed by atoms with Gasteiger partial charge >= 0.3 is 5.97 Å². The van der Waals surface area contributed by atoms with Crippen molar-refractivity contribution in [1.82, 2.24) is 0 Å². The summed E-state index contributed by atoms with van der Waals surface area (Å²) in [5.74, 6) is -2.90. The van der Waals surface area contributed by atoms with Crippen LogP contribution in [0.5, 0.6) is 0 Å². The first kappa shape index (κ1) is 14.6. The molecule has 0 fully saturated rings. The van der Waals surface area contributed by atoms with Crippen LogP contribution in [0.1, 0.15) is 22.8 Å². The summed E-state index contributed by atoms with van der Waals surface area (Å²) in [5.41, 5.74) is -4.03. The number of rotatable bonds is 3. The number of carbonyl (C=O) groups excluding carboxylic acids is 2. The van der Waals surface area contributed by atoms with Crippen LogP contribution in [0.15, 0.2) is 41.9 Å². The topological polar surface area (TPSA) is 96.2 Å². The maximum Gasteiger partial charge on any atom is 0.318 e. The van der Waals surface area contributed by atoms with Crippen molar-refractivity contribution in [3.05, 3.63) is 48.0 Å². The number of hydrogen-bond acceptors (Lipinski definition) is 6. The molecule has 2 N–H and O–H groups in total. The molecule has 1 aromatic carbocycles. The summed E-state index contributed by atoms with van der Waals surface area (Å²) in [4.78, 5) is 28.9. The Hall–Kier alpha value is -2.31. The SMILES string of the molecule is C=CCOC(=O)C1C(C)=N[C@@]2(O)c3ccccc3C(=O)[C@]12O. The van der Waals surface area contributed by atoms with Crippen LogP contribution in [0.25, 0.3) is 0 Å². The number of hydrogen-bond donors (Lipinski definition) is 2. The van der Waals surface area contributed by atoms with Crippen LogP contribution in [0.4, 0.5) is 0 Å². The third-order valence-electron chi connectivity index (χ3n) is 4.18. The monoisotopic (exact) mass is 301 g/mol. The molecule has 0 saturated heterocycles. The fraction of sp³-hybridized carbons (Fsp3) is 0.312. The van der Waals surface area contributed by atoms with E-state index in [0.29, 0.717) is 0 Å². The summed E-state index contributed by atoms with van der Waals surface area (Å²) >= 11 is 0. The lowest BCUT2D eigenvalue weighted by Gasteiger charge is -2.31. The van der Waals surface area contributed by atoms with Gasteiger partial charge < -0.3 is 14.9 Å². The molecule has 1 aromatic rings. The van der Waals surface area contributed by atoms with Crippen molar-refractivity contribution in [3.8, 4) is 0 Å². The molecule has 2 aliphatic rings. The quantitative estimate of drug-likeness (QED) is 0.629. The average molecular weight is 301 g/mol. The van der Waals surface area contributed by atoms with Gasteiger partial charge in [-0.1, -0.05) is 36.9 Å². The molecule has 0 saturated carbocycles. The summed E-state index contributed by atoms with van der Waals surface area (Å²) in [6, 6.07) is 6.25. The van der Waals surface area contributed by atoms with Gasteiger partial charge in [0, 0.05) is 16.8 Å². The lowest BCUT2D eigenvalue weighted by Crippen LogP contribution is -2.56. The maximum absolute atomic E-state index is 12.6. The first-order valence-electron chi connectivity index (χ1n) is 6.81. The summed E-state index contributed by atoms with van der Waals surface area (Å²) in [7, 11) is 0. The minimum absolute atomic E-state index is 0.0573. The molecule has 1 aliphatic heterocycles. The van der Waals surface area contributed by atoms with E-state index < -0.39 is 29.0 Å². The van der Waals surface area contributed by atoms with E-state index in [1.807, 2.05) is 0 Å².